The van der Waals surface area contributed by atoms with Gasteiger partial charge in [-0.1, -0.05) is 11.6 Å². The van der Waals surface area contributed by atoms with E-state index in [1.54, 1.807) is 6.07 Å². The molecule has 1 fully saturated rings. The van der Waals surface area contributed by atoms with Crippen molar-refractivity contribution in [3.8, 4) is 5.75 Å². The minimum absolute atomic E-state index is 0.105. The van der Waals surface area contributed by atoms with Crippen molar-refractivity contribution in [1.29, 1.82) is 0 Å². The molecule has 1 aromatic rings. The highest BCUT2D eigenvalue weighted by Crippen LogP contribution is 2.40. The van der Waals surface area contributed by atoms with Crippen LogP contribution in [0.25, 0.3) is 0 Å². The van der Waals surface area contributed by atoms with Gasteiger partial charge in [0.05, 0.1) is 22.9 Å². The molecular weight excluding hydrogens is 370 g/mol. The maximum absolute atomic E-state index is 12.8. The summed E-state index contributed by atoms with van der Waals surface area (Å²) in [5.41, 5.74) is 1.73. The van der Waals surface area contributed by atoms with E-state index >= 15 is 0 Å². The van der Waals surface area contributed by atoms with Crippen LogP contribution < -0.4 is 15.4 Å². The molecular formula is C19H26ClN3O4. The first kappa shape index (κ1) is 19.9. The Morgan fingerprint density at radius 1 is 1.37 bits per heavy atom. The number of hydrogen-bond donors (Lipinski definition) is 3. The lowest BCUT2D eigenvalue weighted by atomic mass is 10.0. The Balaban J connectivity index is 1.68. The van der Waals surface area contributed by atoms with Crippen LogP contribution in [-0.4, -0.2) is 60.7 Å². The lowest BCUT2D eigenvalue weighted by Gasteiger charge is -2.32. The number of nitrogens with zero attached hydrogens (tertiary/aromatic N) is 1. The van der Waals surface area contributed by atoms with Gasteiger partial charge in [-0.05, 0) is 25.3 Å². The number of hydrogen-bond acceptors (Lipinski definition) is 5. The number of amides is 2. The van der Waals surface area contributed by atoms with E-state index in [-0.39, 0.29) is 24.5 Å². The van der Waals surface area contributed by atoms with Gasteiger partial charge in [0.1, 0.15) is 5.75 Å². The number of piperidine rings is 1. The molecule has 0 saturated carbocycles. The Hall–Kier alpha value is -1.83. The highest BCUT2D eigenvalue weighted by molar-refractivity contribution is 6.34. The zero-order valence-electron chi connectivity index (χ0n) is 15.5. The Bertz CT molecular complexity index is 717. The predicted molar refractivity (Wildman–Crippen MR) is 104 cm³/mol. The molecule has 0 unspecified atom stereocenters. The van der Waals surface area contributed by atoms with Crippen molar-refractivity contribution in [1.82, 2.24) is 10.2 Å². The number of ether oxygens (including phenoxy) is 1. The first-order valence-electron chi connectivity index (χ1n) is 9.39. The maximum Gasteiger partial charge on any atom is 0.255 e. The molecule has 27 heavy (non-hydrogen) atoms. The summed E-state index contributed by atoms with van der Waals surface area (Å²) >= 11 is 6.33. The first-order chi connectivity index (χ1) is 13.0. The number of carbonyl (C=O) groups excluding carboxylic acids is 2. The average molecular weight is 396 g/mol. The van der Waals surface area contributed by atoms with E-state index in [1.165, 1.54) is 6.92 Å². The summed E-state index contributed by atoms with van der Waals surface area (Å²) in [6, 6.07) is 1.68. The van der Waals surface area contributed by atoms with Crippen LogP contribution in [-0.2, 0) is 11.2 Å². The SMILES string of the molecule is CC(=O)Nc1c(Cl)cc(C(=O)NC2CCN(CCCO)CC2)c2c1CCO2. The topological polar surface area (TPSA) is 90.9 Å². The third-order valence-electron chi connectivity index (χ3n) is 5.03. The number of anilines is 1. The number of halogens is 1. The Kier molecular flexibility index (Phi) is 6.57. The third-order valence-corrected chi connectivity index (χ3v) is 5.33. The second kappa shape index (κ2) is 8.91. The van der Waals surface area contributed by atoms with Gasteiger partial charge in [0, 0.05) is 51.2 Å². The smallest absolute Gasteiger partial charge is 0.255 e. The summed E-state index contributed by atoms with van der Waals surface area (Å²) in [7, 11) is 0. The zero-order valence-corrected chi connectivity index (χ0v) is 16.3. The van der Waals surface area contributed by atoms with E-state index in [1.807, 2.05) is 0 Å². The summed E-state index contributed by atoms with van der Waals surface area (Å²) in [4.78, 5) is 26.6. The number of aliphatic hydroxyl groups excluding tert-OH is 1. The second-order valence-corrected chi connectivity index (χ2v) is 7.44. The van der Waals surface area contributed by atoms with Crippen molar-refractivity contribution in [2.45, 2.75) is 38.6 Å². The molecule has 0 aromatic heterocycles. The number of carbonyl (C=O) groups is 2. The van der Waals surface area contributed by atoms with E-state index in [4.69, 9.17) is 21.4 Å². The molecule has 1 saturated heterocycles. The third kappa shape index (κ3) is 4.72. The average Bonchev–Trinajstić information content (AvgIpc) is 3.12. The molecule has 0 aliphatic carbocycles. The van der Waals surface area contributed by atoms with E-state index in [2.05, 4.69) is 15.5 Å². The summed E-state index contributed by atoms with van der Waals surface area (Å²) in [5.74, 6) is 0.107. The minimum atomic E-state index is -0.212. The lowest BCUT2D eigenvalue weighted by Crippen LogP contribution is -2.45. The van der Waals surface area contributed by atoms with Crippen molar-refractivity contribution in [3.05, 3.63) is 22.2 Å². The van der Waals surface area contributed by atoms with Crippen molar-refractivity contribution in [3.63, 3.8) is 0 Å². The minimum Gasteiger partial charge on any atom is -0.492 e. The van der Waals surface area contributed by atoms with Gasteiger partial charge in [-0.15, -0.1) is 0 Å². The zero-order chi connectivity index (χ0) is 19.4. The van der Waals surface area contributed by atoms with Gasteiger partial charge >= 0.3 is 0 Å². The summed E-state index contributed by atoms with van der Waals surface area (Å²) in [6.07, 6.45) is 3.13. The molecule has 0 spiro atoms. The van der Waals surface area contributed by atoms with Crippen LogP contribution in [0.1, 0.15) is 42.1 Å². The van der Waals surface area contributed by atoms with Crippen LogP contribution in [0.4, 0.5) is 5.69 Å². The van der Waals surface area contributed by atoms with Gasteiger partial charge in [0.15, 0.2) is 0 Å². The maximum atomic E-state index is 12.8. The highest BCUT2D eigenvalue weighted by atomic mass is 35.5. The molecule has 8 heteroatoms. The summed E-state index contributed by atoms with van der Waals surface area (Å²) < 4.78 is 5.68. The monoisotopic (exact) mass is 395 g/mol. The van der Waals surface area contributed by atoms with Crippen LogP contribution in [0, 0.1) is 0 Å². The molecule has 2 aliphatic heterocycles. The van der Waals surface area contributed by atoms with Crippen molar-refractivity contribution < 1.29 is 19.4 Å². The second-order valence-electron chi connectivity index (χ2n) is 7.03. The molecule has 0 bridgehead atoms. The molecule has 148 valence electrons. The van der Waals surface area contributed by atoms with Gasteiger partial charge in [0.2, 0.25) is 5.91 Å². The fourth-order valence-electron chi connectivity index (χ4n) is 3.68. The number of aliphatic hydroxyl groups is 1. The standard InChI is InChI=1S/C19H26ClN3O4/c1-12(25)21-17-14-5-10-27-18(14)15(11-16(17)20)19(26)22-13-3-7-23(8-4-13)6-2-9-24/h11,13,24H,2-10H2,1H3,(H,21,25)(H,22,26). The van der Waals surface area contributed by atoms with Gasteiger partial charge in [-0.3, -0.25) is 9.59 Å². The van der Waals surface area contributed by atoms with E-state index in [9.17, 15) is 9.59 Å². The Morgan fingerprint density at radius 2 is 2.11 bits per heavy atom. The van der Waals surface area contributed by atoms with E-state index in [0.717, 1.165) is 44.5 Å². The van der Waals surface area contributed by atoms with Gasteiger partial charge < -0.3 is 25.4 Å². The highest BCUT2D eigenvalue weighted by Gasteiger charge is 2.28. The lowest BCUT2D eigenvalue weighted by molar-refractivity contribution is -0.114. The van der Waals surface area contributed by atoms with Gasteiger partial charge in [-0.25, -0.2) is 0 Å². The molecule has 2 aliphatic rings. The van der Waals surface area contributed by atoms with E-state index in [0.29, 0.717) is 35.1 Å². The van der Waals surface area contributed by atoms with Crippen molar-refractivity contribution in [2.24, 2.45) is 0 Å². The Labute approximate surface area is 164 Å². The van der Waals surface area contributed by atoms with Crippen LogP contribution in [0.2, 0.25) is 5.02 Å². The molecule has 2 amide bonds. The van der Waals surface area contributed by atoms with Crippen molar-refractivity contribution in [2.75, 3.05) is 38.2 Å². The normalized spacial score (nSPS) is 17.3. The molecule has 7 nitrogen and oxygen atoms in total. The fourth-order valence-corrected chi connectivity index (χ4v) is 3.95. The number of nitrogens with one attached hydrogen (secondary N) is 2. The Morgan fingerprint density at radius 3 is 2.78 bits per heavy atom. The van der Waals surface area contributed by atoms with Crippen LogP contribution >= 0.6 is 11.6 Å². The number of fused-ring (bicyclic) bond motifs is 1. The van der Waals surface area contributed by atoms with Crippen LogP contribution in [0.15, 0.2) is 6.07 Å². The number of benzene rings is 1. The summed E-state index contributed by atoms with van der Waals surface area (Å²) in [5, 5.41) is 15.1. The predicted octanol–water partition coefficient (Wildman–Crippen LogP) is 1.81. The summed E-state index contributed by atoms with van der Waals surface area (Å²) in [6.45, 7) is 4.79. The number of likely N-dealkylation sites (tertiary alicyclic amines) is 1. The van der Waals surface area contributed by atoms with Gasteiger partial charge in [0.25, 0.3) is 5.91 Å². The van der Waals surface area contributed by atoms with Crippen molar-refractivity contribution >= 4 is 29.1 Å². The first-order valence-corrected chi connectivity index (χ1v) is 9.77. The molecule has 1 aromatic carbocycles. The molecule has 0 atom stereocenters. The molecule has 0 radical (unpaired) electrons. The van der Waals surface area contributed by atoms with E-state index < -0.39 is 0 Å². The number of rotatable bonds is 6. The molecule has 2 heterocycles. The largest absolute Gasteiger partial charge is 0.492 e. The van der Waals surface area contributed by atoms with Crippen LogP contribution in [0.5, 0.6) is 5.75 Å². The van der Waals surface area contributed by atoms with Crippen LogP contribution in [0.3, 0.4) is 0 Å². The van der Waals surface area contributed by atoms with Gasteiger partial charge in [-0.2, -0.15) is 0 Å². The molecule has 3 N–H and O–H groups in total. The molecule has 3 rings (SSSR count). The quantitative estimate of drug-likeness (QED) is 0.683. The fraction of sp³-hybridized carbons (Fsp3) is 0.579.